The standard InChI is InChI=1S/C15H13BrClF2N/c1-20-14(15-11(17)3-2-4-13(15)19)8-9-5-6-12(18)10(16)7-9/h2-7,14,20H,8H2,1H3. The van der Waals surface area contributed by atoms with E-state index in [1.165, 1.54) is 12.1 Å². The molecule has 0 spiro atoms. The third kappa shape index (κ3) is 3.37. The lowest BCUT2D eigenvalue weighted by atomic mass is 9.98. The molecule has 1 nitrogen and oxygen atoms in total. The van der Waals surface area contributed by atoms with Crippen molar-refractivity contribution in [2.24, 2.45) is 0 Å². The zero-order valence-corrected chi connectivity index (χ0v) is 13.1. The van der Waals surface area contributed by atoms with Gasteiger partial charge in [0, 0.05) is 16.6 Å². The summed E-state index contributed by atoms with van der Waals surface area (Å²) in [7, 11) is 1.74. The van der Waals surface area contributed by atoms with Crippen LogP contribution in [0.5, 0.6) is 0 Å². The predicted molar refractivity (Wildman–Crippen MR) is 81.0 cm³/mol. The molecule has 1 N–H and O–H groups in total. The van der Waals surface area contributed by atoms with Gasteiger partial charge in [-0.2, -0.15) is 0 Å². The van der Waals surface area contributed by atoms with Crippen LogP contribution in [0.15, 0.2) is 40.9 Å². The number of rotatable bonds is 4. The Kier molecular flexibility index (Phi) is 5.13. The van der Waals surface area contributed by atoms with Gasteiger partial charge >= 0.3 is 0 Å². The van der Waals surface area contributed by atoms with E-state index in [0.717, 1.165) is 5.56 Å². The van der Waals surface area contributed by atoms with E-state index in [1.54, 1.807) is 31.3 Å². The minimum Gasteiger partial charge on any atom is -0.313 e. The van der Waals surface area contributed by atoms with Gasteiger partial charge in [0.25, 0.3) is 0 Å². The van der Waals surface area contributed by atoms with E-state index in [0.29, 0.717) is 21.5 Å². The molecule has 0 saturated heterocycles. The average molecular weight is 361 g/mol. The molecule has 0 aliphatic heterocycles. The summed E-state index contributed by atoms with van der Waals surface area (Å²) in [5.41, 5.74) is 1.31. The van der Waals surface area contributed by atoms with Crippen molar-refractivity contribution in [2.45, 2.75) is 12.5 Å². The van der Waals surface area contributed by atoms with Gasteiger partial charge in [-0.05, 0) is 59.2 Å². The SMILES string of the molecule is CNC(Cc1ccc(F)c(Br)c1)c1c(F)cccc1Cl. The number of halogens is 4. The fraction of sp³-hybridized carbons (Fsp3) is 0.200. The monoisotopic (exact) mass is 359 g/mol. The van der Waals surface area contributed by atoms with Crippen molar-refractivity contribution in [1.82, 2.24) is 5.32 Å². The van der Waals surface area contributed by atoms with Gasteiger partial charge in [-0.15, -0.1) is 0 Å². The first-order valence-electron chi connectivity index (χ1n) is 6.08. The van der Waals surface area contributed by atoms with Gasteiger partial charge in [0.1, 0.15) is 11.6 Å². The minimum absolute atomic E-state index is 0.277. The number of hydrogen-bond donors (Lipinski definition) is 1. The van der Waals surface area contributed by atoms with Crippen LogP contribution in [-0.2, 0) is 6.42 Å². The van der Waals surface area contributed by atoms with Gasteiger partial charge < -0.3 is 5.32 Å². The van der Waals surface area contributed by atoms with Crippen LogP contribution in [0.1, 0.15) is 17.2 Å². The van der Waals surface area contributed by atoms with Gasteiger partial charge in [-0.1, -0.05) is 23.7 Å². The summed E-state index contributed by atoms with van der Waals surface area (Å²) in [6, 6.07) is 9.09. The Morgan fingerprint density at radius 1 is 1.20 bits per heavy atom. The lowest BCUT2D eigenvalue weighted by Gasteiger charge is -2.19. The molecule has 0 saturated carbocycles. The molecule has 2 aromatic carbocycles. The third-order valence-corrected chi connectivity index (χ3v) is 4.06. The van der Waals surface area contributed by atoms with Crippen LogP contribution in [0, 0.1) is 11.6 Å². The highest BCUT2D eigenvalue weighted by atomic mass is 79.9. The maximum Gasteiger partial charge on any atom is 0.137 e. The minimum atomic E-state index is -0.349. The second-order valence-electron chi connectivity index (χ2n) is 4.43. The molecule has 0 amide bonds. The van der Waals surface area contributed by atoms with Crippen LogP contribution in [0.4, 0.5) is 8.78 Å². The molecule has 2 rings (SSSR count). The zero-order valence-electron chi connectivity index (χ0n) is 10.8. The van der Waals surface area contributed by atoms with Crippen molar-refractivity contribution in [3.8, 4) is 0 Å². The van der Waals surface area contributed by atoms with Crippen LogP contribution in [0.25, 0.3) is 0 Å². The Labute approximate surface area is 130 Å². The van der Waals surface area contributed by atoms with Crippen molar-refractivity contribution in [3.63, 3.8) is 0 Å². The quantitative estimate of drug-likeness (QED) is 0.819. The summed E-state index contributed by atoms with van der Waals surface area (Å²) in [6.45, 7) is 0. The first-order chi connectivity index (χ1) is 9.52. The molecular weight excluding hydrogens is 348 g/mol. The molecule has 0 bridgehead atoms. The summed E-state index contributed by atoms with van der Waals surface area (Å²) < 4.78 is 27.6. The van der Waals surface area contributed by atoms with Gasteiger partial charge in [0.05, 0.1) is 4.47 Å². The molecule has 1 unspecified atom stereocenters. The molecule has 0 aliphatic carbocycles. The molecule has 0 fully saturated rings. The highest BCUT2D eigenvalue weighted by molar-refractivity contribution is 9.10. The maximum absolute atomic E-state index is 13.9. The second kappa shape index (κ2) is 6.66. The Morgan fingerprint density at radius 2 is 1.95 bits per heavy atom. The topological polar surface area (TPSA) is 12.0 Å². The number of hydrogen-bond acceptors (Lipinski definition) is 1. The van der Waals surface area contributed by atoms with Crippen molar-refractivity contribution in [3.05, 3.63) is 68.7 Å². The van der Waals surface area contributed by atoms with Gasteiger partial charge in [0.2, 0.25) is 0 Å². The predicted octanol–water partition coefficient (Wildman–Crippen LogP) is 4.88. The van der Waals surface area contributed by atoms with Crippen LogP contribution < -0.4 is 5.32 Å². The number of benzene rings is 2. The zero-order chi connectivity index (χ0) is 14.7. The average Bonchev–Trinajstić information content (AvgIpc) is 2.41. The van der Waals surface area contributed by atoms with Crippen LogP contribution in [-0.4, -0.2) is 7.05 Å². The molecule has 1 atom stereocenters. The van der Waals surface area contributed by atoms with Crippen molar-refractivity contribution >= 4 is 27.5 Å². The van der Waals surface area contributed by atoms with Crippen molar-refractivity contribution < 1.29 is 8.78 Å². The molecule has 0 aromatic heterocycles. The van der Waals surface area contributed by atoms with Gasteiger partial charge in [0.15, 0.2) is 0 Å². The first-order valence-corrected chi connectivity index (χ1v) is 7.25. The van der Waals surface area contributed by atoms with E-state index in [4.69, 9.17) is 11.6 Å². The molecule has 2 aromatic rings. The van der Waals surface area contributed by atoms with Crippen LogP contribution in [0.2, 0.25) is 5.02 Å². The normalized spacial score (nSPS) is 12.4. The van der Waals surface area contributed by atoms with Crippen LogP contribution >= 0.6 is 27.5 Å². The first kappa shape index (κ1) is 15.4. The fourth-order valence-corrected chi connectivity index (χ4v) is 2.82. The summed E-state index contributed by atoms with van der Waals surface area (Å²) >= 11 is 9.22. The Morgan fingerprint density at radius 3 is 2.55 bits per heavy atom. The number of likely N-dealkylation sites (N-methyl/N-ethyl adjacent to an activating group) is 1. The second-order valence-corrected chi connectivity index (χ2v) is 5.69. The Balaban J connectivity index is 2.31. The molecule has 0 radical (unpaired) electrons. The molecule has 20 heavy (non-hydrogen) atoms. The summed E-state index contributed by atoms with van der Waals surface area (Å²) in [5, 5.41) is 3.43. The van der Waals surface area contributed by atoms with E-state index in [9.17, 15) is 8.78 Å². The third-order valence-electron chi connectivity index (χ3n) is 3.12. The Bertz CT molecular complexity index is 599. The molecule has 106 valence electrons. The molecular formula is C15H13BrClF2N. The lowest BCUT2D eigenvalue weighted by molar-refractivity contribution is 0.533. The molecule has 0 heterocycles. The van der Waals surface area contributed by atoms with E-state index in [2.05, 4.69) is 21.2 Å². The largest absolute Gasteiger partial charge is 0.313 e. The smallest absolute Gasteiger partial charge is 0.137 e. The summed E-state index contributed by atoms with van der Waals surface area (Å²) in [5.74, 6) is -0.670. The van der Waals surface area contributed by atoms with Gasteiger partial charge in [-0.3, -0.25) is 0 Å². The summed E-state index contributed by atoms with van der Waals surface area (Å²) in [4.78, 5) is 0. The summed E-state index contributed by atoms with van der Waals surface area (Å²) in [6.07, 6.45) is 0.510. The number of nitrogens with one attached hydrogen (secondary N) is 1. The van der Waals surface area contributed by atoms with E-state index >= 15 is 0 Å². The highest BCUT2D eigenvalue weighted by Crippen LogP contribution is 2.29. The van der Waals surface area contributed by atoms with Crippen molar-refractivity contribution in [1.29, 1.82) is 0 Å². The van der Waals surface area contributed by atoms with E-state index in [-0.39, 0.29) is 17.7 Å². The fourth-order valence-electron chi connectivity index (χ4n) is 2.09. The maximum atomic E-state index is 13.9. The van der Waals surface area contributed by atoms with E-state index in [1.807, 2.05) is 0 Å². The van der Waals surface area contributed by atoms with Gasteiger partial charge in [-0.25, -0.2) is 8.78 Å². The Hall–Kier alpha value is -0.970. The highest BCUT2D eigenvalue weighted by Gasteiger charge is 2.18. The lowest BCUT2D eigenvalue weighted by Crippen LogP contribution is -2.20. The van der Waals surface area contributed by atoms with E-state index < -0.39 is 0 Å². The molecule has 0 aliphatic rings. The van der Waals surface area contributed by atoms with Crippen LogP contribution in [0.3, 0.4) is 0 Å². The van der Waals surface area contributed by atoms with Crippen molar-refractivity contribution in [2.75, 3.05) is 7.05 Å². The molecule has 5 heteroatoms.